The third kappa shape index (κ3) is 1.89. The zero-order valence-corrected chi connectivity index (χ0v) is 9.61. The van der Waals surface area contributed by atoms with Gasteiger partial charge in [-0.25, -0.2) is 4.79 Å². The Bertz CT molecular complexity index is 271. The number of carbonyl (C=O) groups excluding carboxylic acids is 1. The highest BCUT2D eigenvalue weighted by Crippen LogP contribution is 2.25. The summed E-state index contributed by atoms with van der Waals surface area (Å²) >= 11 is 0. The van der Waals surface area contributed by atoms with Crippen LogP contribution in [0, 0.1) is 11.8 Å². The molecule has 2 amide bonds. The van der Waals surface area contributed by atoms with Crippen LogP contribution in [0.2, 0.25) is 0 Å². The fourth-order valence-electron chi connectivity index (χ4n) is 3.12. The van der Waals surface area contributed by atoms with Gasteiger partial charge in [0.15, 0.2) is 0 Å². The molecule has 3 aliphatic rings. The summed E-state index contributed by atoms with van der Waals surface area (Å²) in [6.07, 6.45) is 0. The van der Waals surface area contributed by atoms with Crippen LogP contribution in [0.5, 0.6) is 0 Å². The van der Waals surface area contributed by atoms with Gasteiger partial charge in [-0.15, -0.1) is 0 Å². The highest BCUT2D eigenvalue weighted by molar-refractivity contribution is 5.76. The standard InChI is InChI=1S/C11H20N4O/c16-11-13-1-2-15(11)4-3-14-7-9-5-12-6-10(9)8-14/h9-10,12H,1-8H2,(H,13,16)/t9-,10+. The highest BCUT2D eigenvalue weighted by Gasteiger charge is 2.36. The monoisotopic (exact) mass is 224 g/mol. The average molecular weight is 224 g/mol. The van der Waals surface area contributed by atoms with Crippen molar-refractivity contribution in [2.75, 3.05) is 52.4 Å². The van der Waals surface area contributed by atoms with Crippen LogP contribution in [0.15, 0.2) is 0 Å². The van der Waals surface area contributed by atoms with E-state index < -0.39 is 0 Å². The first-order chi connectivity index (χ1) is 7.83. The summed E-state index contributed by atoms with van der Waals surface area (Å²) in [6.45, 7) is 8.42. The second-order valence-electron chi connectivity index (χ2n) is 5.16. The van der Waals surface area contributed by atoms with Crippen molar-refractivity contribution in [3.63, 3.8) is 0 Å². The number of fused-ring (bicyclic) bond motifs is 1. The molecule has 2 N–H and O–H groups in total. The molecule has 3 heterocycles. The quantitative estimate of drug-likeness (QED) is 0.657. The molecule has 0 spiro atoms. The van der Waals surface area contributed by atoms with E-state index in [9.17, 15) is 4.79 Å². The number of nitrogens with one attached hydrogen (secondary N) is 2. The SMILES string of the molecule is O=C1NCCN1CCN1C[C@H]2CNC[C@H]2C1. The molecule has 0 unspecified atom stereocenters. The van der Waals surface area contributed by atoms with Gasteiger partial charge >= 0.3 is 6.03 Å². The molecule has 3 fully saturated rings. The number of hydrogen-bond donors (Lipinski definition) is 2. The number of hydrogen-bond acceptors (Lipinski definition) is 3. The maximum absolute atomic E-state index is 11.4. The number of carbonyl (C=O) groups is 1. The molecule has 5 heteroatoms. The smallest absolute Gasteiger partial charge is 0.317 e. The van der Waals surface area contributed by atoms with Gasteiger partial charge in [0.1, 0.15) is 0 Å². The van der Waals surface area contributed by atoms with Gasteiger partial charge in [0.25, 0.3) is 0 Å². The molecule has 90 valence electrons. The Hall–Kier alpha value is -0.810. The third-order valence-corrected chi connectivity index (χ3v) is 4.10. The molecule has 0 aromatic heterocycles. The van der Waals surface area contributed by atoms with Crippen LogP contribution in [0.25, 0.3) is 0 Å². The van der Waals surface area contributed by atoms with Gasteiger partial charge in [0, 0.05) is 39.3 Å². The minimum absolute atomic E-state index is 0.112. The normalized spacial score (nSPS) is 34.5. The minimum Gasteiger partial charge on any atom is -0.336 e. The van der Waals surface area contributed by atoms with E-state index in [1.54, 1.807) is 0 Å². The predicted molar refractivity (Wildman–Crippen MR) is 61.3 cm³/mol. The summed E-state index contributed by atoms with van der Waals surface area (Å²) in [5.41, 5.74) is 0. The molecule has 0 aromatic rings. The van der Waals surface area contributed by atoms with Crippen molar-refractivity contribution in [3.05, 3.63) is 0 Å². The Kier molecular flexibility index (Phi) is 2.73. The lowest BCUT2D eigenvalue weighted by atomic mass is 10.0. The molecule has 0 saturated carbocycles. The fraction of sp³-hybridized carbons (Fsp3) is 0.909. The molecule has 2 atom stereocenters. The largest absolute Gasteiger partial charge is 0.336 e. The number of urea groups is 1. The number of rotatable bonds is 3. The maximum Gasteiger partial charge on any atom is 0.317 e. The molecular formula is C11H20N4O. The van der Waals surface area contributed by atoms with Crippen LogP contribution in [-0.4, -0.2) is 68.2 Å². The van der Waals surface area contributed by atoms with Crippen molar-refractivity contribution in [1.82, 2.24) is 20.4 Å². The zero-order chi connectivity index (χ0) is 11.0. The first kappa shape index (κ1) is 10.4. The van der Waals surface area contributed by atoms with Crippen LogP contribution < -0.4 is 10.6 Å². The fourth-order valence-corrected chi connectivity index (χ4v) is 3.12. The van der Waals surface area contributed by atoms with Gasteiger partial charge in [-0.1, -0.05) is 0 Å². The Balaban J connectivity index is 1.44. The summed E-state index contributed by atoms with van der Waals surface area (Å²) in [5, 5.41) is 6.29. The Morgan fingerprint density at radius 1 is 1.19 bits per heavy atom. The number of amides is 2. The summed E-state index contributed by atoms with van der Waals surface area (Å²) in [6, 6.07) is 0.112. The first-order valence-electron chi connectivity index (χ1n) is 6.29. The zero-order valence-electron chi connectivity index (χ0n) is 9.61. The summed E-state index contributed by atoms with van der Waals surface area (Å²) < 4.78 is 0. The maximum atomic E-state index is 11.4. The molecule has 3 aliphatic heterocycles. The summed E-state index contributed by atoms with van der Waals surface area (Å²) in [5.74, 6) is 1.71. The van der Waals surface area contributed by atoms with E-state index in [1.165, 1.54) is 26.2 Å². The van der Waals surface area contributed by atoms with E-state index in [0.29, 0.717) is 0 Å². The lowest BCUT2D eigenvalue weighted by molar-refractivity contribution is 0.206. The molecule has 16 heavy (non-hydrogen) atoms. The van der Waals surface area contributed by atoms with Crippen molar-refractivity contribution in [1.29, 1.82) is 0 Å². The van der Waals surface area contributed by atoms with Crippen molar-refractivity contribution in [3.8, 4) is 0 Å². The van der Waals surface area contributed by atoms with Crippen LogP contribution in [0.3, 0.4) is 0 Å². The van der Waals surface area contributed by atoms with Gasteiger partial charge < -0.3 is 20.4 Å². The Morgan fingerprint density at radius 2 is 1.94 bits per heavy atom. The summed E-state index contributed by atoms with van der Waals surface area (Å²) in [7, 11) is 0. The Labute approximate surface area is 96.2 Å². The van der Waals surface area contributed by atoms with E-state index in [0.717, 1.165) is 38.0 Å². The van der Waals surface area contributed by atoms with E-state index in [2.05, 4.69) is 15.5 Å². The van der Waals surface area contributed by atoms with Crippen LogP contribution in [-0.2, 0) is 0 Å². The van der Waals surface area contributed by atoms with Gasteiger partial charge in [-0.2, -0.15) is 0 Å². The lowest BCUT2D eigenvalue weighted by Gasteiger charge is -2.21. The van der Waals surface area contributed by atoms with Crippen LogP contribution >= 0.6 is 0 Å². The molecule has 0 aromatic carbocycles. The second-order valence-corrected chi connectivity index (χ2v) is 5.16. The van der Waals surface area contributed by atoms with E-state index in [4.69, 9.17) is 0 Å². The van der Waals surface area contributed by atoms with Gasteiger partial charge in [0.05, 0.1) is 0 Å². The predicted octanol–water partition coefficient (Wildman–Crippen LogP) is -0.837. The van der Waals surface area contributed by atoms with Gasteiger partial charge in [0.2, 0.25) is 0 Å². The van der Waals surface area contributed by atoms with Crippen LogP contribution in [0.4, 0.5) is 4.79 Å². The molecule has 0 bridgehead atoms. The number of nitrogens with zero attached hydrogens (tertiary/aromatic N) is 2. The highest BCUT2D eigenvalue weighted by atomic mass is 16.2. The molecule has 0 radical (unpaired) electrons. The molecule has 3 rings (SSSR count). The van der Waals surface area contributed by atoms with E-state index >= 15 is 0 Å². The third-order valence-electron chi connectivity index (χ3n) is 4.10. The van der Waals surface area contributed by atoms with Gasteiger partial charge in [-0.3, -0.25) is 0 Å². The average Bonchev–Trinajstić information content (AvgIpc) is 2.89. The van der Waals surface area contributed by atoms with Crippen LogP contribution in [0.1, 0.15) is 0 Å². The van der Waals surface area contributed by atoms with Crippen molar-refractivity contribution in [2.45, 2.75) is 0 Å². The van der Waals surface area contributed by atoms with E-state index in [1.807, 2.05) is 4.90 Å². The molecular weight excluding hydrogens is 204 g/mol. The lowest BCUT2D eigenvalue weighted by Crippen LogP contribution is -2.37. The van der Waals surface area contributed by atoms with Crippen molar-refractivity contribution in [2.24, 2.45) is 11.8 Å². The van der Waals surface area contributed by atoms with Crippen molar-refractivity contribution < 1.29 is 4.79 Å². The molecule has 5 nitrogen and oxygen atoms in total. The first-order valence-corrected chi connectivity index (χ1v) is 6.29. The molecule has 0 aliphatic carbocycles. The number of likely N-dealkylation sites (tertiary alicyclic amines) is 1. The summed E-state index contributed by atoms with van der Waals surface area (Å²) in [4.78, 5) is 15.8. The topological polar surface area (TPSA) is 47.6 Å². The van der Waals surface area contributed by atoms with Crippen molar-refractivity contribution >= 4 is 6.03 Å². The van der Waals surface area contributed by atoms with Gasteiger partial charge in [-0.05, 0) is 24.9 Å². The minimum atomic E-state index is 0.112. The molecule has 3 saturated heterocycles. The van der Waals surface area contributed by atoms with E-state index in [-0.39, 0.29) is 6.03 Å². The second kappa shape index (κ2) is 4.22. The Morgan fingerprint density at radius 3 is 2.56 bits per heavy atom.